The van der Waals surface area contributed by atoms with Crippen LogP contribution in [-0.2, 0) is 0 Å². The van der Waals surface area contributed by atoms with E-state index in [1.165, 1.54) is 0 Å². The number of benzene rings is 1. The van der Waals surface area contributed by atoms with E-state index in [9.17, 15) is 10.1 Å². The highest BCUT2D eigenvalue weighted by Crippen LogP contribution is 2.27. The number of hydrogen-bond acceptors (Lipinski definition) is 3. The Morgan fingerprint density at radius 3 is 2.71 bits per heavy atom. The molecule has 92 valence electrons. The van der Waals surface area contributed by atoms with Crippen molar-refractivity contribution in [1.29, 1.82) is 0 Å². The standard InChI is InChI=1S/C13H18N2O2/c1-10(2)12-7-6-11(5-3-4-8-14)9-13(12)15(16)17/h3,5-7,9-10H,4,8,14H2,1-2H3/b5-3+. The number of nitrogens with two attached hydrogens (primary N) is 1. The number of hydrogen-bond donors (Lipinski definition) is 1. The fourth-order valence-electron chi connectivity index (χ4n) is 1.63. The third-order valence-electron chi connectivity index (χ3n) is 2.52. The zero-order chi connectivity index (χ0) is 12.8. The normalized spacial score (nSPS) is 11.3. The van der Waals surface area contributed by atoms with Gasteiger partial charge < -0.3 is 5.73 Å². The summed E-state index contributed by atoms with van der Waals surface area (Å²) in [6, 6.07) is 5.34. The van der Waals surface area contributed by atoms with Crippen LogP contribution in [0.15, 0.2) is 24.3 Å². The van der Waals surface area contributed by atoms with Crippen molar-refractivity contribution in [3.05, 3.63) is 45.5 Å². The Balaban J connectivity index is 3.06. The molecule has 17 heavy (non-hydrogen) atoms. The predicted octanol–water partition coefficient (Wildman–Crippen LogP) is 3.08. The molecule has 0 radical (unpaired) electrons. The summed E-state index contributed by atoms with van der Waals surface area (Å²) in [6.07, 6.45) is 4.57. The van der Waals surface area contributed by atoms with Gasteiger partial charge in [-0.25, -0.2) is 0 Å². The first kappa shape index (κ1) is 13.4. The van der Waals surface area contributed by atoms with E-state index >= 15 is 0 Å². The molecule has 0 fully saturated rings. The molecule has 0 aliphatic rings. The maximum Gasteiger partial charge on any atom is 0.273 e. The number of rotatable bonds is 5. The number of nitro groups is 1. The third-order valence-corrected chi connectivity index (χ3v) is 2.52. The molecule has 0 amide bonds. The Labute approximate surface area is 101 Å². The van der Waals surface area contributed by atoms with Crippen molar-refractivity contribution in [3.63, 3.8) is 0 Å². The first-order valence-corrected chi connectivity index (χ1v) is 5.71. The molecular formula is C13H18N2O2. The second-order valence-electron chi connectivity index (χ2n) is 4.21. The van der Waals surface area contributed by atoms with Gasteiger partial charge in [-0.1, -0.05) is 38.1 Å². The molecule has 0 bridgehead atoms. The lowest BCUT2D eigenvalue weighted by molar-refractivity contribution is -0.385. The monoisotopic (exact) mass is 234 g/mol. The molecule has 0 saturated heterocycles. The Kier molecular flexibility index (Phi) is 4.84. The van der Waals surface area contributed by atoms with Crippen molar-refractivity contribution in [2.24, 2.45) is 5.73 Å². The fraction of sp³-hybridized carbons (Fsp3) is 0.385. The van der Waals surface area contributed by atoms with Crippen LogP contribution < -0.4 is 5.73 Å². The molecule has 0 heterocycles. The Hall–Kier alpha value is -1.68. The van der Waals surface area contributed by atoms with Crippen LogP contribution in [0.4, 0.5) is 5.69 Å². The second-order valence-corrected chi connectivity index (χ2v) is 4.21. The van der Waals surface area contributed by atoms with Crippen LogP contribution >= 0.6 is 0 Å². The Bertz CT molecular complexity index is 425. The lowest BCUT2D eigenvalue weighted by Gasteiger charge is -2.06. The van der Waals surface area contributed by atoms with Crippen LogP contribution in [0.1, 0.15) is 37.3 Å². The third kappa shape index (κ3) is 3.67. The number of nitrogens with zero attached hydrogens (tertiary/aromatic N) is 1. The SMILES string of the molecule is CC(C)c1ccc(/C=C/CCN)cc1[N+](=O)[O-]. The van der Waals surface area contributed by atoms with E-state index in [1.807, 2.05) is 38.1 Å². The van der Waals surface area contributed by atoms with Crippen molar-refractivity contribution in [1.82, 2.24) is 0 Å². The molecule has 1 rings (SSSR count). The van der Waals surface area contributed by atoms with E-state index in [2.05, 4.69) is 0 Å². The summed E-state index contributed by atoms with van der Waals surface area (Å²) in [5.41, 5.74) is 7.18. The van der Waals surface area contributed by atoms with Crippen molar-refractivity contribution in [3.8, 4) is 0 Å². The van der Waals surface area contributed by atoms with Crippen LogP contribution in [0.2, 0.25) is 0 Å². The molecule has 0 atom stereocenters. The first-order valence-electron chi connectivity index (χ1n) is 5.71. The molecule has 1 aromatic rings. The van der Waals surface area contributed by atoms with Crippen LogP contribution in [0.5, 0.6) is 0 Å². The average Bonchev–Trinajstić information content (AvgIpc) is 2.29. The summed E-state index contributed by atoms with van der Waals surface area (Å²) in [5.74, 6) is 0.150. The van der Waals surface area contributed by atoms with Gasteiger partial charge in [0.15, 0.2) is 0 Å². The smallest absolute Gasteiger partial charge is 0.273 e. The minimum atomic E-state index is -0.324. The van der Waals surface area contributed by atoms with Gasteiger partial charge in [0.25, 0.3) is 5.69 Å². The van der Waals surface area contributed by atoms with Gasteiger partial charge in [-0.2, -0.15) is 0 Å². The Morgan fingerprint density at radius 2 is 2.18 bits per heavy atom. The molecule has 4 nitrogen and oxygen atoms in total. The molecular weight excluding hydrogens is 216 g/mol. The van der Waals surface area contributed by atoms with Crippen molar-refractivity contribution >= 4 is 11.8 Å². The number of nitro benzene ring substituents is 1. The zero-order valence-electron chi connectivity index (χ0n) is 10.2. The average molecular weight is 234 g/mol. The molecule has 2 N–H and O–H groups in total. The van der Waals surface area contributed by atoms with Gasteiger partial charge in [-0.15, -0.1) is 0 Å². The van der Waals surface area contributed by atoms with Crippen molar-refractivity contribution in [2.75, 3.05) is 6.54 Å². The molecule has 0 aromatic heterocycles. The molecule has 0 unspecified atom stereocenters. The Morgan fingerprint density at radius 1 is 1.47 bits per heavy atom. The highest BCUT2D eigenvalue weighted by atomic mass is 16.6. The maximum absolute atomic E-state index is 11.0. The lowest BCUT2D eigenvalue weighted by Crippen LogP contribution is -1.98. The van der Waals surface area contributed by atoms with Gasteiger partial charge in [0.1, 0.15) is 0 Å². The van der Waals surface area contributed by atoms with E-state index in [-0.39, 0.29) is 16.5 Å². The topological polar surface area (TPSA) is 69.2 Å². The van der Waals surface area contributed by atoms with Gasteiger partial charge in [0.05, 0.1) is 4.92 Å². The van der Waals surface area contributed by atoms with E-state index in [0.717, 1.165) is 17.5 Å². The van der Waals surface area contributed by atoms with E-state index < -0.39 is 0 Å². The minimum Gasteiger partial charge on any atom is -0.330 e. The highest BCUT2D eigenvalue weighted by Gasteiger charge is 2.16. The molecule has 1 aromatic carbocycles. The summed E-state index contributed by atoms with van der Waals surface area (Å²) in [4.78, 5) is 10.6. The molecule has 0 spiro atoms. The minimum absolute atomic E-state index is 0.150. The molecule has 0 saturated carbocycles. The largest absolute Gasteiger partial charge is 0.330 e. The second kappa shape index (κ2) is 6.15. The summed E-state index contributed by atoms with van der Waals surface area (Å²) in [5, 5.41) is 11.0. The zero-order valence-corrected chi connectivity index (χ0v) is 10.2. The van der Waals surface area contributed by atoms with E-state index in [4.69, 9.17) is 5.73 Å². The maximum atomic E-state index is 11.0. The van der Waals surface area contributed by atoms with Crippen LogP contribution in [-0.4, -0.2) is 11.5 Å². The predicted molar refractivity (Wildman–Crippen MR) is 69.9 cm³/mol. The summed E-state index contributed by atoms with van der Waals surface area (Å²) in [7, 11) is 0. The van der Waals surface area contributed by atoms with E-state index in [0.29, 0.717) is 6.54 Å². The quantitative estimate of drug-likeness (QED) is 0.628. The van der Waals surface area contributed by atoms with Gasteiger partial charge in [0, 0.05) is 11.6 Å². The van der Waals surface area contributed by atoms with Crippen molar-refractivity contribution in [2.45, 2.75) is 26.2 Å². The van der Waals surface area contributed by atoms with E-state index in [1.54, 1.807) is 6.07 Å². The van der Waals surface area contributed by atoms with Gasteiger partial charge in [0.2, 0.25) is 0 Å². The fourth-order valence-corrected chi connectivity index (χ4v) is 1.63. The van der Waals surface area contributed by atoms with Crippen LogP contribution in [0.25, 0.3) is 6.08 Å². The molecule has 0 aliphatic carbocycles. The summed E-state index contributed by atoms with van der Waals surface area (Å²) >= 11 is 0. The first-order chi connectivity index (χ1) is 8.06. The highest BCUT2D eigenvalue weighted by molar-refractivity contribution is 5.56. The van der Waals surface area contributed by atoms with Gasteiger partial charge in [-0.3, -0.25) is 10.1 Å². The summed E-state index contributed by atoms with van der Waals surface area (Å²) < 4.78 is 0. The van der Waals surface area contributed by atoms with Crippen molar-refractivity contribution < 1.29 is 4.92 Å². The summed E-state index contributed by atoms with van der Waals surface area (Å²) in [6.45, 7) is 4.49. The molecule has 0 aliphatic heterocycles. The lowest BCUT2D eigenvalue weighted by atomic mass is 9.99. The van der Waals surface area contributed by atoms with Crippen LogP contribution in [0.3, 0.4) is 0 Å². The van der Waals surface area contributed by atoms with Gasteiger partial charge in [-0.05, 0) is 24.4 Å². The van der Waals surface area contributed by atoms with Crippen LogP contribution in [0, 0.1) is 10.1 Å². The molecule has 4 heteroatoms. The van der Waals surface area contributed by atoms with Gasteiger partial charge >= 0.3 is 0 Å².